The molecule has 2 saturated carbocycles. The van der Waals surface area contributed by atoms with Crippen molar-refractivity contribution in [1.82, 2.24) is 30.3 Å². The van der Waals surface area contributed by atoms with Crippen molar-refractivity contribution >= 4 is 23.0 Å². The van der Waals surface area contributed by atoms with Gasteiger partial charge < -0.3 is 25.1 Å². The van der Waals surface area contributed by atoms with Gasteiger partial charge in [-0.15, -0.1) is 0 Å². The van der Waals surface area contributed by atoms with Crippen LogP contribution >= 0.6 is 0 Å². The first kappa shape index (κ1) is 30.2. The van der Waals surface area contributed by atoms with Crippen LogP contribution in [0.2, 0.25) is 0 Å². The molecule has 10 nitrogen and oxygen atoms in total. The number of carbonyl (C=O) groups excluding carboxylic acids is 2. The third-order valence-electron chi connectivity index (χ3n) is 8.44. The van der Waals surface area contributed by atoms with Crippen LogP contribution in [0.1, 0.15) is 60.1 Å². The number of oxazole rings is 1. The number of fused-ring (bicyclic) bond motifs is 1. The summed E-state index contributed by atoms with van der Waals surface area (Å²) in [4.78, 5) is 31.3. The van der Waals surface area contributed by atoms with Crippen LogP contribution in [0.4, 0.5) is 31.1 Å². The highest BCUT2D eigenvalue weighted by Crippen LogP contribution is 2.54. The Kier molecular flexibility index (Phi) is 7.74. The number of alkyl halides is 6. The Balaban J connectivity index is 1.22. The molecule has 238 valence electrons. The topological polar surface area (TPSA) is 126 Å². The molecule has 3 heterocycles. The summed E-state index contributed by atoms with van der Waals surface area (Å²) in [6.45, 7) is -0.925. The van der Waals surface area contributed by atoms with Gasteiger partial charge in [-0.05, 0) is 67.2 Å². The van der Waals surface area contributed by atoms with Crippen molar-refractivity contribution in [3.05, 3.63) is 47.6 Å². The minimum Gasteiger partial charge on any atom is -0.438 e. The zero-order chi connectivity index (χ0) is 31.4. The summed E-state index contributed by atoms with van der Waals surface area (Å²) in [5.74, 6) is 0.342. The van der Waals surface area contributed by atoms with E-state index in [1.54, 1.807) is 18.2 Å². The fraction of sp³-hybridized carbons (Fsp3) is 0.571. The summed E-state index contributed by atoms with van der Waals surface area (Å²) < 4.78 is 84.9. The maximum absolute atomic E-state index is 13.5. The lowest BCUT2D eigenvalue weighted by Crippen LogP contribution is -2.40. The Labute approximate surface area is 246 Å². The fourth-order valence-corrected chi connectivity index (χ4v) is 5.89. The number of carbonyl (C=O) groups is 2. The lowest BCUT2D eigenvalue weighted by atomic mass is 9.89. The molecule has 16 heteroatoms. The number of hydrogen-bond donors (Lipinski definition) is 3. The average molecular weight is 629 g/mol. The molecule has 3 amide bonds. The second-order valence-corrected chi connectivity index (χ2v) is 11.8. The number of urea groups is 1. The van der Waals surface area contributed by atoms with Crippen LogP contribution in [0.3, 0.4) is 0 Å². The minimum atomic E-state index is -4.79. The molecule has 3 aromatic rings. The minimum absolute atomic E-state index is 0.0162. The van der Waals surface area contributed by atoms with Gasteiger partial charge in [0.05, 0.1) is 6.54 Å². The fourth-order valence-electron chi connectivity index (χ4n) is 5.89. The highest BCUT2D eigenvalue weighted by molar-refractivity contribution is 5.92. The Bertz CT molecular complexity index is 1520. The molecule has 2 aromatic heterocycles. The van der Waals surface area contributed by atoms with Crippen LogP contribution in [0, 0.1) is 17.8 Å². The van der Waals surface area contributed by atoms with Crippen LogP contribution in [0.25, 0.3) is 11.1 Å². The van der Waals surface area contributed by atoms with Crippen molar-refractivity contribution in [3.8, 4) is 0 Å². The predicted molar refractivity (Wildman–Crippen MR) is 141 cm³/mol. The smallest absolute Gasteiger partial charge is 0.414 e. The van der Waals surface area contributed by atoms with Crippen LogP contribution < -0.4 is 10.6 Å². The van der Waals surface area contributed by atoms with Crippen molar-refractivity contribution in [1.29, 1.82) is 0 Å². The predicted octanol–water partition coefficient (Wildman–Crippen LogP) is 4.70. The van der Waals surface area contributed by atoms with Crippen LogP contribution in [-0.2, 0) is 13.1 Å². The number of aromatic nitrogens is 3. The number of nitrogens with zero attached hydrogens (tertiary/aromatic N) is 4. The van der Waals surface area contributed by atoms with Crippen molar-refractivity contribution in [2.45, 2.75) is 75.7 Å². The molecule has 1 aliphatic heterocycles. The molecule has 3 fully saturated rings. The largest absolute Gasteiger partial charge is 0.438 e. The Hall–Kier alpha value is -3.82. The lowest BCUT2D eigenvalue weighted by molar-refractivity contribution is -0.206. The van der Waals surface area contributed by atoms with Gasteiger partial charge >= 0.3 is 18.4 Å². The number of rotatable bonds is 11. The first-order chi connectivity index (χ1) is 20.8. The van der Waals surface area contributed by atoms with E-state index in [0.717, 1.165) is 35.3 Å². The van der Waals surface area contributed by atoms with E-state index >= 15 is 0 Å². The number of halogens is 6. The van der Waals surface area contributed by atoms with Gasteiger partial charge in [0, 0.05) is 25.7 Å². The van der Waals surface area contributed by atoms with Crippen molar-refractivity contribution in [2.75, 3.05) is 6.54 Å². The number of hydrogen-bond acceptors (Lipinski definition) is 6. The second kappa shape index (κ2) is 11.3. The van der Waals surface area contributed by atoms with Crippen molar-refractivity contribution in [2.24, 2.45) is 17.8 Å². The quantitative estimate of drug-likeness (QED) is 0.265. The summed E-state index contributed by atoms with van der Waals surface area (Å²) in [6.07, 6.45) is -7.39. The zero-order valence-electron chi connectivity index (χ0n) is 23.2. The number of aliphatic hydroxyl groups is 1. The molecule has 44 heavy (non-hydrogen) atoms. The number of benzene rings is 1. The van der Waals surface area contributed by atoms with E-state index < -0.39 is 55.4 Å². The zero-order valence-corrected chi connectivity index (χ0v) is 23.2. The van der Waals surface area contributed by atoms with Gasteiger partial charge in [-0.25, -0.2) is 9.78 Å². The summed E-state index contributed by atoms with van der Waals surface area (Å²) in [7, 11) is 0. The normalized spacial score (nSPS) is 20.8. The van der Waals surface area contributed by atoms with E-state index in [4.69, 9.17) is 4.42 Å². The van der Waals surface area contributed by atoms with Gasteiger partial charge in [0.15, 0.2) is 11.7 Å². The summed E-state index contributed by atoms with van der Waals surface area (Å²) >= 11 is 0. The van der Waals surface area contributed by atoms with Gasteiger partial charge in [0.1, 0.15) is 23.3 Å². The molecule has 1 saturated heterocycles. The third-order valence-corrected chi connectivity index (χ3v) is 8.44. The number of aliphatic hydroxyl groups excluding tert-OH is 1. The first-order valence-corrected chi connectivity index (χ1v) is 14.4. The van der Waals surface area contributed by atoms with E-state index in [-0.39, 0.29) is 30.6 Å². The average Bonchev–Trinajstić information content (AvgIpc) is 3.84. The number of nitrogens with one attached hydrogen (secondary N) is 2. The molecule has 6 rings (SSSR count). The van der Waals surface area contributed by atoms with Crippen LogP contribution in [0.15, 0.2) is 34.9 Å². The lowest BCUT2D eigenvalue weighted by Gasteiger charge is -2.26. The maximum Gasteiger partial charge on any atom is 0.414 e. The third kappa shape index (κ3) is 6.49. The molecule has 0 radical (unpaired) electrons. The molecular weight excluding hydrogens is 598 g/mol. The number of amides is 3. The van der Waals surface area contributed by atoms with Gasteiger partial charge in [0.25, 0.3) is 5.91 Å². The van der Waals surface area contributed by atoms with Gasteiger partial charge in [0.2, 0.25) is 5.89 Å². The Morgan fingerprint density at radius 1 is 1.11 bits per heavy atom. The monoisotopic (exact) mass is 628 g/mol. The van der Waals surface area contributed by atoms with E-state index in [9.17, 15) is 41.0 Å². The van der Waals surface area contributed by atoms with Crippen LogP contribution in [0.5, 0.6) is 0 Å². The maximum atomic E-state index is 13.5. The summed E-state index contributed by atoms with van der Waals surface area (Å²) in [5.41, 5.74) is 1.36. The highest BCUT2D eigenvalue weighted by atomic mass is 19.4. The molecule has 3 aliphatic rings. The number of aryl methyl sites for hydroxylation is 1. The molecule has 3 atom stereocenters. The summed E-state index contributed by atoms with van der Waals surface area (Å²) in [5, 5.41) is 18.3. The van der Waals surface area contributed by atoms with Crippen LogP contribution in [-0.4, -0.2) is 67.8 Å². The van der Waals surface area contributed by atoms with E-state index in [1.807, 2.05) is 5.32 Å². The molecular formula is C28H30F6N6O4. The molecule has 1 aromatic carbocycles. The first-order valence-electron chi connectivity index (χ1n) is 14.4. The Morgan fingerprint density at radius 2 is 1.82 bits per heavy atom. The highest BCUT2D eigenvalue weighted by Gasteiger charge is 2.49. The SMILES string of the molecule is O=C(N[C@H](c1nc2cc(CN3C[C@@H](C(F)(F)F)NC3=O)ccc2o1)C(C1CC1)C1CC1)c1ccnn1CC[C@H](O)C(F)(F)F. The molecule has 0 unspecified atom stereocenters. The molecule has 2 aliphatic carbocycles. The van der Waals surface area contributed by atoms with E-state index in [1.165, 1.54) is 12.3 Å². The Morgan fingerprint density at radius 3 is 2.43 bits per heavy atom. The van der Waals surface area contributed by atoms with Crippen molar-refractivity contribution < 1.29 is 45.5 Å². The molecule has 0 spiro atoms. The second-order valence-electron chi connectivity index (χ2n) is 11.8. The van der Waals surface area contributed by atoms with Gasteiger partial charge in [-0.2, -0.15) is 31.4 Å². The summed E-state index contributed by atoms with van der Waals surface area (Å²) in [6, 6.07) is 2.82. The van der Waals surface area contributed by atoms with E-state index in [0.29, 0.717) is 28.5 Å². The van der Waals surface area contributed by atoms with E-state index in [2.05, 4.69) is 15.4 Å². The van der Waals surface area contributed by atoms with Gasteiger partial charge in [-0.3, -0.25) is 9.48 Å². The van der Waals surface area contributed by atoms with Crippen molar-refractivity contribution in [3.63, 3.8) is 0 Å². The molecule has 3 N–H and O–H groups in total. The molecule has 0 bridgehead atoms. The standard InChI is InChI=1S/C28H30F6N6O4/c29-27(30,31)20-13-39(26(43)37-20)12-14-1-6-19-17(11-14)36-25(44-19)23(22(15-2-3-15)16-4-5-16)38-24(42)18-7-9-35-40(18)10-8-21(41)28(32,33)34/h1,6-7,9,11,15-16,20-23,41H,2-5,8,10,12-13H2,(H,37,43)(H,38,42)/t20-,21-,23-/m0/s1. The van der Waals surface area contributed by atoms with Gasteiger partial charge in [-0.1, -0.05) is 6.07 Å².